The number of carbonyl (C=O) groups is 1. The van der Waals surface area contributed by atoms with Gasteiger partial charge in [0.15, 0.2) is 30.2 Å². The molecule has 12 N–H and O–H groups in total. The smallest absolute Gasteiger partial charge is 0.490 e. The number of ether oxygens (including phenoxy) is 6. The summed E-state index contributed by atoms with van der Waals surface area (Å²) in [6.45, 7) is -3.21. The first-order valence-electron chi connectivity index (χ1n) is 24.2. The van der Waals surface area contributed by atoms with Crippen molar-refractivity contribution in [1.29, 1.82) is 0 Å². The molecule has 3 aliphatic heterocycles. The number of aromatic nitrogens is 10. The molecule has 0 aromatic carbocycles. The molecular weight excluding hydrogens is 1210 g/mol. The maximum Gasteiger partial charge on any atom is 0.490 e. The number of H-pyrrole nitrogens is 2. The van der Waals surface area contributed by atoms with Crippen LogP contribution in [0.15, 0.2) is 45.6 Å². The first kappa shape index (κ1) is 63.8. The van der Waals surface area contributed by atoms with E-state index in [9.17, 15) is 72.3 Å². The SMILES string of the molecule is COCCN(CCOC)C(=O)C[C@@H]1[C@@H](COP(=O)(O)OP(=O)(O)OP(=O)(O)OC[C@H]2O[C@@H](n3cnc4c(N)ncnc43)[C@H](OC)[C@@H]2OP(=O)([O-])OC[C@H]2O[C@@H](n3ccc(=O)[nH]c3=O)[C@H](O)[C@@H]2O)OC([n+]2cn(C)c3c(=O)[nH]c(N)nc32)[C@@H]1O. The molecule has 3 aliphatic rings. The number of hydrogen-bond acceptors (Lipinski definition) is 30. The lowest BCUT2D eigenvalue weighted by atomic mass is 9.93. The topological polar surface area (TPSA) is 549 Å². The van der Waals surface area contributed by atoms with Gasteiger partial charge in [-0.1, -0.05) is 4.98 Å². The minimum Gasteiger partial charge on any atom is -0.756 e. The first-order valence-corrected chi connectivity index (χ1v) is 30.1. The lowest BCUT2D eigenvalue weighted by molar-refractivity contribution is -0.745. The molecule has 16 atom stereocenters. The average molecular weight is 1260 g/mol. The van der Waals surface area contributed by atoms with Crippen LogP contribution >= 0.6 is 31.3 Å². The Bertz CT molecular complexity index is 3520. The van der Waals surface area contributed by atoms with Crippen molar-refractivity contribution in [3.63, 3.8) is 0 Å². The number of aliphatic hydroxyl groups is 3. The van der Waals surface area contributed by atoms with Crippen LogP contribution in [0.3, 0.4) is 0 Å². The minimum atomic E-state index is -6.29. The van der Waals surface area contributed by atoms with Crippen LogP contribution in [-0.4, -0.2) is 201 Å². The quantitative estimate of drug-likeness (QED) is 0.0174. The van der Waals surface area contributed by atoms with Crippen LogP contribution in [0.2, 0.25) is 0 Å². The standard InChI is InChI=1S/C39H57N13O27P4/c1-48-17-52(33-25(48)34(58)47-38(41)46-33)35-26(55)18(11-23(54)49(7-9-68-2)8-10-69-3)19(74-35)12-72-81(62,63)78-83(66,67)79-82(64,65)73-14-21-29(30(70-4)37(76-21)51-16-44-24-31(40)42-15-43-32(24)51)77-80(60,61)71-13-20-27(56)28(57)36(75-20)50-6-5-22(53)45-39(50)59/h5-6,15-21,26-30,35-37,55-57H,7-14H2,1-4H3,(H9-,40,41,42,43,45,46,47,53,58,59,60,61,62,63,64,65,66,67)/t18-,19-,20-,21-,26-,27-,28-,29-,30-,35?,36-,37-/m1/s1. The van der Waals surface area contributed by atoms with Gasteiger partial charge in [-0.25, -0.2) is 38.0 Å². The molecule has 40 nitrogen and oxygen atoms in total. The van der Waals surface area contributed by atoms with Crippen LogP contribution in [0.5, 0.6) is 0 Å². The third kappa shape index (κ3) is 14.6. The van der Waals surface area contributed by atoms with Crippen molar-refractivity contribution in [1.82, 2.24) is 48.5 Å². The van der Waals surface area contributed by atoms with E-state index >= 15 is 0 Å². The lowest BCUT2D eigenvalue weighted by Crippen LogP contribution is -2.46. The van der Waals surface area contributed by atoms with Crippen LogP contribution in [0.1, 0.15) is 25.1 Å². The summed E-state index contributed by atoms with van der Waals surface area (Å²) in [6.07, 6.45) is -15.0. The third-order valence-electron chi connectivity index (χ3n) is 13.0. The Labute approximate surface area is 464 Å². The van der Waals surface area contributed by atoms with Gasteiger partial charge in [-0.3, -0.25) is 51.7 Å². The molecule has 83 heavy (non-hydrogen) atoms. The number of nitrogen functional groups attached to an aromatic ring is 2. The van der Waals surface area contributed by atoms with Crippen LogP contribution in [-0.2, 0) is 85.2 Å². The molecule has 5 aromatic rings. The second-order valence-electron chi connectivity index (χ2n) is 18.4. The summed E-state index contributed by atoms with van der Waals surface area (Å²) in [5.74, 6) is -2.35. The number of anilines is 2. The van der Waals surface area contributed by atoms with Crippen LogP contribution in [0.25, 0.3) is 22.3 Å². The fourth-order valence-corrected chi connectivity index (χ4v) is 13.7. The number of carbonyl (C=O) groups excluding carboxylic acids is 1. The summed E-state index contributed by atoms with van der Waals surface area (Å²) in [5, 5.41) is 33.1. The zero-order valence-corrected chi connectivity index (χ0v) is 47.3. The molecular formula is C39H57N13O27P4. The number of aryl methyl sites for hydroxylation is 1. The molecule has 0 saturated carbocycles. The maximum absolute atomic E-state index is 13.7. The van der Waals surface area contributed by atoms with Gasteiger partial charge in [0.05, 0.1) is 52.5 Å². The molecule has 8 rings (SSSR count). The fraction of sp³-hybridized carbons (Fsp3) is 0.615. The summed E-state index contributed by atoms with van der Waals surface area (Å²) in [4.78, 5) is 118. The molecule has 0 radical (unpaired) electrons. The van der Waals surface area contributed by atoms with Crippen LogP contribution in [0.4, 0.5) is 11.8 Å². The summed E-state index contributed by atoms with van der Waals surface area (Å²) < 4.78 is 120. The van der Waals surface area contributed by atoms with E-state index in [1.54, 1.807) is 0 Å². The number of phosphoric ester groups is 3. The summed E-state index contributed by atoms with van der Waals surface area (Å²) >= 11 is 0. The highest BCUT2D eigenvalue weighted by molar-refractivity contribution is 7.66. The van der Waals surface area contributed by atoms with Gasteiger partial charge in [0.2, 0.25) is 17.7 Å². The number of methoxy groups -OCH3 is 3. The molecule has 1 amide bonds. The molecule has 0 spiro atoms. The van der Waals surface area contributed by atoms with E-state index in [0.29, 0.717) is 4.57 Å². The minimum absolute atomic E-state index is 0.0198. The highest BCUT2D eigenvalue weighted by Crippen LogP contribution is 2.68. The zero-order valence-electron chi connectivity index (χ0n) is 43.7. The molecule has 44 heteroatoms. The Morgan fingerprint density at radius 2 is 1.45 bits per heavy atom. The van der Waals surface area contributed by atoms with Gasteiger partial charge in [-0.05, 0) is 0 Å². The summed E-state index contributed by atoms with van der Waals surface area (Å²) in [7, 11) is -18.7. The monoisotopic (exact) mass is 1260 g/mol. The van der Waals surface area contributed by atoms with Gasteiger partial charge < -0.3 is 88.7 Å². The van der Waals surface area contributed by atoms with Crippen LogP contribution < -0.4 is 37.7 Å². The number of aliphatic hydroxyl groups excluding tert-OH is 3. The Kier molecular flexibility index (Phi) is 19.8. The van der Waals surface area contributed by atoms with Gasteiger partial charge in [0.25, 0.3) is 24.9 Å². The molecule has 8 heterocycles. The van der Waals surface area contributed by atoms with Crippen molar-refractivity contribution in [2.24, 2.45) is 13.0 Å². The summed E-state index contributed by atoms with van der Waals surface area (Å²) in [5.41, 5.74) is 9.09. The zero-order chi connectivity index (χ0) is 60.5. The van der Waals surface area contributed by atoms with Gasteiger partial charge in [0.1, 0.15) is 54.6 Å². The van der Waals surface area contributed by atoms with Crippen LogP contribution in [0, 0.1) is 5.92 Å². The molecule has 3 fully saturated rings. The number of nitrogens with two attached hydrogens (primary N) is 2. The first-order chi connectivity index (χ1) is 39.1. The second kappa shape index (κ2) is 25.8. The predicted molar refractivity (Wildman–Crippen MR) is 268 cm³/mol. The van der Waals surface area contributed by atoms with Crippen molar-refractivity contribution in [2.75, 3.05) is 78.9 Å². The normalized spacial score (nSPS) is 28.5. The number of rotatable bonds is 27. The Hall–Kier alpha value is -5.19. The average Bonchev–Trinajstić information content (AvgIpc) is 2.35. The number of nitrogens with zero attached hydrogens (tertiary/aromatic N) is 9. The lowest BCUT2D eigenvalue weighted by Gasteiger charge is -2.31. The molecule has 5 unspecified atom stereocenters. The number of imidazole rings is 2. The number of fused-ring (bicyclic) bond motifs is 2. The van der Waals surface area contributed by atoms with E-state index in [0.717, 1.165) is 36.6 Å². The van der Waals surface area contributed by atoms with Crippen molar-refractivity contribution < 1.29 is 118 Å². The van der Waals surface area contributed by atoms with Crippen molar-refractivity contribution in [3.8, 4) is 0 Å². The van der Waals surface area contributed by atoms with Crippen molar-refractivity contribution in [3.05, 3.63) is 62.4 Å². The largest absolute Gasteiger partial charge is 0.756 e. The van der Waals surface area contributed by atoms with E-state index in [-0.39, 0.29) is 60.4 Å². The predicted octanol–water partition coefficient (Wildman–Crippen LogP) is -4.74. The van der Waals surface area contributed by atoms with E-state index in [2.05, 4.69) is 33.5 Å². The molecule has 0 aliphatic carbocycles. The van der Waals surface area contributed by atoms with Crippen molar-refractivity contribution in [2.45, 2.75) is 73.9 Å². The van der Waals surface area contributed by atoms with E-state index in [4.69, 9.17) is 58.0 Å². The van der Waals surface area contributed by atoms with Gasteiger partial charge in [0, 0.05) is 59.0 Å². The Balaban J connectivity index is 0.962. The van der Waals surface area contributed by atoms with E-state index < -0.39 is 154 Å². The van der Waals surface area contributed by atoms with E-state index in [1.165, 1.54) is 41.6 Å². The highest BCUT2D eigenvalue weighted by atomic mass is 31.3. The highest BCUT2D eigenvalue weighted by Gasteiger charge is 2.53. The molecule has 3 saturated heterocycles. The van der Waals surface area contributed by atoms with Crippen molar-refractivity contribution >= 4 is 71.3 Å². The maximum atomic E-state index is 13.7. The number of hydrogen-bond donors (Lipinski definition) is 10. The van der Waals surface area contributed by atoms with E-state index in [1.807, 2.05) is 4.98 Å². The fourth-order valence-electron chi connectivity index (χ4n) is 9.21. The molecule has 0 bridgehead atoms. The van der Waals surface area contributed by atoms with Gasteiger partial charge >= 0.3 is 34.8 Å². The molecule has 5 aromatic heterocycles. The van der Waals surface area contributed by atoms with Gasteiger partial charge in [-0.15, -0.1) is 0 Å². The third-order valence-corrected chi connectivity index (χ3v) is 18.2. The number of amides is 1. The second-order valence-corrected chi connectivity index (χ2v) is 24.4. The number of aromatic amines is 2. The summed E-state index contributed by atoms with van der Waals surface area (Å²) in [6, 6.07) is 0.910. The Morgan fingerprint density at radius 1 is 0.807 bits per heavy atom. The Morgan fingerprint density at radius 3 is 2.08 bits per heavy atom. The number of nitrogens with one attached hydrogen (secondary N) is 2. The number of phosphoric acid groups is 4. The van der Waals surface area contributed by atoms with Gasteiger partial charge in [-0.2, -0.15) is 8.62 Å². The molecule has 460 valence electrons.